The first-order chi connectivity index (χ1) is 8.43. The second-order valence-electron chi connectivity index (χ2n) is 3.81. The average molecular weight is 379 g/mol. The van der Waals surface area contributed by atoms with Gasteiger partial charge in [0.15, 0.2) is 0 Å². The van der Waals surface area contributed by atoms with E-state index in [2.05, 4.69) is 37.2 Å². The first-order valence-electron chi connectivity index (χ1n) is 5.43. The van der Waals surface area contributed by atoms with Gasteiger partial charge in [0.25, 0.3) is 5.91 Å². The monoisotopic (exact) mass is 377 g/mol. The number of rotatable bonds is 5. The summed E-state index contributed by atoms with van der Waals surface area (Å²) >= 11 is 6.56. The molecule has 0 aliphatic rings. The molecular weight excluding hydrogens is 366 g/mol. The number of nitrogens with one attached hydrogen (secondary N) is 1. The van der Waals surface area contributed by atoms with E-state index in [4.69, 9.17) is 5.11 Å². The van der Waals surface area contributed by atoms with Crippen LogP contribution in [0.4, 0.5) is 0 Å². The summed E-state index contributed by atoms with van der Waals surface area (Å²) in [7, 11) is 0. The molecule has 1 rings (SSSR count). The molecule has 0 radical (unpaired) electrons. The molecule has 0 saturated carbocycles. The van der Waals surface area contributed by atoms with E-state index in [1.807, 2.05) is 6.92 Å². The van der Waals surface area contributed by atoms with Crippen LogP contribution in [0, 0.1) is 0 Å². The highest BCUT2D eigenvalue weighted by atomic mass is 79.9. The van der Waals surface area contributed by atoms with Crippen LogP contribution in [0.3, 0.4) is 0 Å². The Kier molecular flexibility index (Phi) is 5.81. The van der Waals surface area contributed by atoms with E-state index in [0.717, 1.165) is 8.95 Å². The topological polar surface area (TPSA) is 66.4 Å². The minimum absolute atomic E-state index is 0.391. The molecule has 1 aromatic carbocycles. The van der Waals surface area contributed by atoms with E-state index >= 15 is 0 Å². The third-order valence-corrected chi connectivity index (χ3v) is 3.22. The number of hydrogen-bond donors (Lipinski definition) is 2. The van der Waals surface area contributed by atoms with Crippen LogP contribution in [0.15, 0.2) is 27.1 Å². The number of carbonyl (C=O) groups is 2. The fourth-order valence-electron chi connectivity index (χ4n) is 1.47. The lowest BCUT2D eigenvalue weighted by Gasteiger charge is -2.13. The predicted octanol–water partition coefficient (Wildman–Crippen LogP) is 3.19. The van der Waals surface area contributed by atoms with Crippen molar-refractivity contribution in [3.05, 3.63) is 32.7 Å². The van der Waals surface area contributed by atoms with E-state index in [9.17, 15) is 9.59 Å². The quantitative estimate of drug-likeness (QED) is 0.826. The van der Waals surface area contributed by atoms with Crippen LogP contribution < -0.4 is 5.32 Å². The summed E-state index contributed by atoms with van der Waals surface area (Å²) in [6.45, 7) is 1.87. The van der Waals surface area contributed by atoms with E-state index in [0.29, 0.717) is 18.4 Å². The Balaban J connectivity index is 2.83. The Bertz CT molecular complexity index is 442. The van der Waals surface area contributed by atoms with Gasteiger partial charge in [-0.15, -0.1) is 0 Å². The van der Waals surface area contributed by atoms with Crippen LogP contribution in [0.1, 0.15) is 30.1 Å². The van der Waals surface area contributed by atoms with E-state index in [-0.39, 0.29) is 0 Å². The predicted molar refractivity (Wildman–Crippen MR) is 75.6 cm³/mol. The lowest BCUT2D eigenvalue weighted by atomic mass is 10.1. The molecule has 2 N–H and O–H groups in total. The number of carbonyl (C=O) groups excluding carboxylic acids is 1. The lowest BCUT2D eigenvalue weighted by molar-refractivity contribution is -0.139. The normalized spacial score (nSPS) is 11.9. The Labute approximate surface area is 122 Å². The first kappa shape index (κ1) is 15.2. The SMILES string of the molecule is CCC[C@H](NC(=O)c1cc(Br)cc(Br)c1)C(=O)O. The zero-order chi connectivity index (χ0) is 13.7. The highest BCUT2D eigenvalue weighted by molar-refractivity contribution is 9.11. The van der Waals surface area contributed by atoms with Crippen molar-refractivity contribution in [1.82, 2.24) is 5.32 Å². The Morgan fingerprint density at radius 2 is 1.83 bits per heavy atom. The van der Waals surface area contributed by atoms with E-state index < -0.39 is 17.9 Å². The number of carboxylic acids is 1. The molecule has 0 aliphatic carbocycles. The summed E-state index contributed by atoms with van der Waals surface area (Å²) in [5.74, 6) is -1.41. The number of benzene rings is 1. The fourth-order valence-corrected chi connectivity index (χ4v) is 2.77. The van der Waals surface area contributed by atoms with Gasteiger partial charge < -0.3 is 10.4 Å². The molecule has 18 heavy (non-hydrogen) atoms. The van der Waals surface area contributed by atoms with Gasteiger partial charge in [0.1, 0.15) is 6.04 Å². The summed E-state index contributed by atoms with van der Waals surface area (Å²) in [5.41, 5.74) is 0.415. The summed E-state index contributed by atoms with van der Waals surface area (Å²) in [6.07, 6.45) is 1.11. The molecule has 0 saturated heterocycles. The summed E-state index contributed by atoms with van der Waals surface area (Å²) < 4.78 is 1.51. The maximum absolute atomic E-state index is 11.9. The Morgan fingerprint density at radius 3 is 2.28 bits per heavy atom. The van der Waals surface area contributed by atoms with Crippen molar-refractivity contribution in [3.63, 3.8) is 0 Å². The van der Waals surface area contributed by atoms with Crippen LogP contribution in [0.25, 0.3) is 0 Å². The van der Waals surface area contributed by atoms with E-state index in [1.54, 1.807) is 18.2 Å². The van der Waals surface area contributed by atoms with Gasteiger partial charge in [-0.25, -0.2) is 4.79 Å². The molecule has 0 aliphatic heterocycles. The minimum Gasteiger partial charge on any atom is -0.480 e. The van der Waals surface area contributed by atoms with Crippen LogP contribution in [-0.2, 0) is 4.79 Å². The number of carboxylic acid groups (broad SMARTS) is 1. The van der Waals surface area contributed by atoms with Gasteiger partial charge in [0.05, 0.1) is 0 Å². The largest absolute Gasteiger partial charge is 0.480 e. The average Bonchev–Trinajstić information content (AvgIpc) is 2.26. The molecule has 0 heterocycles. The van der Waals surface area contributed by atoms with Crippen molar-refractivity contribution in [2.75, 3.05) is 0 Å². The molecular formula is C12H13Br2NO3. The number of hydrogen-bond acceptors (Lipinski definition) is 2. The summed E-state index contributed by atoms with van der Waals surface area (Å²) in [5, 5.41) is 11.5. The van der Waals surface area contributed by atoms with Crippen molar-refractivity contribution in [1.29, 1.82) is 0 Å². The molecule has 4 nitrogen and oxygen atoms in total. The van der Waals surface area contributed by atoms with Gasteiger partial charge in [-0.2, -0.15) is 0 Å². The maximum Gasteiger partial charge on any atom is 0.326 e. The molecule has 1 amide bonds. The molecule has 0 unspecified atom stereocenters. The van der Waals surface area contributed by atoms with Crippen molar-refractivity contribution in [2.45, 2.75) is 25.8 Å². The van der Waals surface area contributed by atoms with Crippen molar-refractivity contribution < 1.29 is 14.7 Å². The van der Waals surface area contributed by atoms with Crippen LogP contribution in [0.5, 0.6) is 0 Å². The third-order valence-electron chi connectivity index (χ3n) is 2.31. The molecule has 0 aromatic heterocycles. The molecule has 1 atom stereocenters. The fraction of sp³-hybridized carbons (Fsp3) is 0.333. The summed E-state index contributed by atoms with van der Waals surface area (Å²) in [4.78, 5) is 22.9. The Hall–Kier alpha value is -0.880. The molecule has 6 heteroatoms. The second-order valence-corrected chi connectivity index (χ2v) is 5.64. The zero-order valence-electron chi connectivity index (χ0n) is 9.74. The van der Waals surface area contributed by atoms with Gasteiger partial charge in [0.2, 0.25) is 0 Å². The van der Waals surface area contributed by atoms with Crippen molar-refractivity contribution in [3.8, 4) is 0 Å². The smallest absolute Gasteiger partial charge is 0.326 e. The van der Waals surface area contributed by atoms with Gasteiger partial charge in [-0.1, -0.05) is 45.2 Å². The third kappa shape index (κ3) is 4.42. The van der Waals surface area contributed by atoms with Gasteiger partial charge in [-0.05, 0) is 24.6 Å². The van der Waals surface area contributed by atoms with Crippen molar-refractivity contribution in [2.24, 2.45) is 0 Å². The van der Waals surface area contributed by atoms with Crippen molar-refractivity contribution >= 4 is 43.7 Å². The van der Waals surface area contributed by atoms with Crippen LogP contribution in [0.2, 0.25) is 0 Å². The number of halogens is 2. The minimum atomic E-state index is -1.01. The molecule has 0 spiro atoms. The standard InChI is InChI=1S/C12H13Br2NO3/c1-2-3-10(12(17)18)15-11(16)7-4-8(13)6-9(14)5-7/h4-6,10H,2-3H2,1H3,(H,15,16)(H,17,18)/t10-/m0/s1. The van der Waals surface area contributed by atoms with E-state index in [1.165, 1.54) is 0 Å². The molecule has 98 valence electrons. The number of amides is 1. The highest BCUT2D eigenvalue weighted by Crippen LogP contribution is 2.20. The molecule has 0 fully saturated rings. The first-order valence-corrected chi connectivity index (χ1v) is 7.02. The maximum atomic E-state index is 11.9. The van der Waals surface area contributed by atoms with Crippen LogP contribution in [-0.4, -0.2) is 23.0 Å². The van der Waals surface area contributed by atoms with Gasteiger partial charge in [0, 0.05) is 14.5 Å². The molecule has 1 aromatic rings. The van der Waals surface area contributed by atoms with Gasteiger partial charge >= 0.3 is 5.97 Å². The summed E-state index contributed by atoms with van der Waals surface area (Å²) in [6, 6.07) is 4.24. The number of aliphatic carboxylic acids is 1. The zero-order valence-corrected chi connectivity index (χ0v) is 12.9. The van der Waals surface area contributed by atoms with Gasteiger partial charge in [-0.3, -0.25) is 4.79 Å². The van der Waals surface area contributed by atoms with Crippen LogP contribution >= 0.6 is 31.9 Å². The highest BCUT2D eigenvalue weighted by Gasteiger charge is 2.19. The second kappa shape index (κ2) is 6.89. The Morgan fingerprint density at radius 1 is 1.28 bits per heavy atom. The molecule has 0 bridgehead atoms. The lowest BCUT2D eigenvalue weighted by Crippen LogP contribution is -2.40.